The molecule has 0 atom stereocenters. The summed E-state index contributed by atoms with van der Waals surface area (Å²) < 4.78 is 19.6. The first-order valence-electron chi connectivity index (χ1n) is 10.3. The van der Waals surface area contributed by atoms with Crippen LogP contribution in [-0.2, 0) is 13.2 Å². The molecule has 4 rings (SSSR count). The van der Waals surface area contributed by atoms with E-state index >= 15 is 0 Å². The van der Waals surface area contributed by atoms with Crippen molar-refractivity contribution in [3.05, 3.63) is 88.3 Å². The zero-order chi connectivity index (χ0) is 22.5. The van der Waals surface area contributed by atoms with Gasteiger partial charge in [0.1, 0.15) is 29.6 Å². The molecule has 1 aromatic heterocycles. The number of anilines is 1. The number of benzene rings is 2. The van der Waals surface area contributed by atoms with Crippen molar-refractivity contribution in [2.75, 3.05) is 31.1 Å². The maximum Gasteiger partial charge on any atom is 0.339 e. The number of ether oxygens (including phenoxy) is 1. The molecule has 3 aromatic rings. The molecule has 8 heteroatoms. The van der Waals surface area contributed by atoms with E-state index in [2.05, 4.69) is 9.88 Å². The maximum atomic E-state index is 13.9. The summed E-state index contributed by atoms with van der Waals surface area (Å²) in [4.78, 5) is 20.1. The first-order chi connectivity index (χ1) is 15.5. The molecule has 6 nitrogen and oxygen atoms in total. The smallest absolute Gasteiger partial charge is 0.339 e. The fraction of sp³-hybridized carbons (Fsp3) is 0.250. The van der Waals surface area contributed by atoms with Crippen molar-refractivity contribution in [1.82, 2.24) is 9.88 Å². The second-order valence-corrected chi connectivity index (χ2v) is 7.98. The number of rotatable bonds is 7. The van der Waals surface area contributed by atoms with Crippen molar-refractivity contribution in [2.24, 2.45) is 0 Å². The third-order valence-corrected chi connectivity index (χ3v) is 5.82. The van der Waals surface area contributed by atoms with Crippen LogP contribution in [0.2, 0.25) is 5.02 Å². The summed E-state index contributed by atoms with van der Waals surface area (Å²) in [5, 5.41) is 9.73. The molecular weight excluding hydrogens is 433 g/mol. The second-order valence-electron chi connectivity index (χ2n) is 7.58. The molecule has 1 fully saturated rings. The van der Waals surface area contributed by atoms with Gasteiger partial charge in [-0.15, -0.1) is 0 Å². The predicted molar refractivity (Wildman–Crippen MR) is 121 cm³/mol. The Kier molecular flexibility index (Phi) is 6.87. The van der Waals surface area contributed by atoms with Gasteiger partial charge in [-0.3, -0.25) is 4.90 Å². The summed E-state index contributed by atoms with van der Waals surface area (Å²) in [6.45, 7) is 3.88. The molecule has 2 aromatic carbocycles. The fourth-order valence-electron chi connectivity index (χ4n) is 3.71. The molecule has 1 saturated heterocycles. The van der Waals surface area contributed by atoms with Gasteiger partial charge >= 0.3 is 5.97 Å². The number of halogens is 2. The highest BCUT2D eigenvalue weighted by Crippen LogP contribution is 2.23. The minimum atomic E-state index is -0.963. The van der Waals surface area contributed by atoms with Crippen LogP contribution in [0.5, 0.6) is 5.75 Å². The molecule has 0 amide bonds. The molecule has 2 heterocycles. The molecule has 1 N–H and O–H groups in total. The van der Waals surface area contributed by atoms with E-state index in [0.717, 1.165) is 25.2 Å². The summed E-state index contributed by atoms with van der Waals surface area (Å²) in [6, 6.07) is 15.5. The van der Waals surface area contributed by atoms with Crippen LogP contribution in [-0.4, -0.2) is 47.1 Å². The first kappa shape index (κ1) is 22.0. The standard InChI is InChI=1S/C24H23ClFN3O3/c25-21-4-1-5-22(26)20(21)16-32-18-8-6-17(7-9-18)15-28-11-13-29(14-12-28)23-19(24(30)31)3-2-10-27-23/h1-10H,11-16H2,(H,30,31). The average molecular weight is 456 g/mol. The Morgan fingerprint density at radius 3 is 2.50 bits per heavy atom. The third-order valence-electron chi connectivity index (χ3n) is 5.46. The van der Waals surface area contributed by atoms with Crippen LogP contribution in [0.15, 0.2) is 60.8 Å². The normalized spacial score (nSPS) is 14.4. The first-order valence-corrected chi connectivity index (χ1v) is 10.7. The van der Waals surface area contributed by atoms with E-state index < -0.39 is 5.97 Å². The number of hydrogen-bond acceptors (Lipinski definition) is 5. The van der Waals surface area contributed by atoms with Gasteiger partial charge in [0.2, 0.25) is 0 Å². The van der Waals surface area contributed by atoms with Crippen molar-refractivity contribution < 1.29 is 19.0 Å². The minimum Gasteiger partial charge on any atom is -0.489 e. The molecule has 1 aliphatic rings. The summed E-state index contributed by atoms with van der Waals surface area (Å²) in [5.74, 6) is -0.171. The van der Waals surface area contributed by atoms with Gasteiger partial charge in [-0.05, 0) is 42.0 Å². The van der Waals surface area contributed by atoms with Crippen LogP contribution in [0.1, 0.15) is 21.5 Å². The molecular formula is C24H23ClFN3O3. The number of hydrogen-bond donors (Lipinski definition) is 1. The van der Waals surface area contributed by atoms with Gasteiger partial charge in [-0.25, -0.2) is 14.2 Å². The Labute approximate surface area is 190 Å². The number of aromatic nitrogens is 1. The van der Waals surface area contributed by atoms with Gasteiger partial charge in [0.25, 0.3) is 0 Å². The molecule has 0 bridgehead atoms. The van der Waals surface area contributed by atoms with E-state index in [9.17, 15) is 14.3 Å². The molecule has 0 radical (unpaired) electrons. The average Bonchev–Trinajstić information content (AvgIpc) is 2.80. The number of aromatic carboxylic acids is 1. The predicted octanol–water partition coefficient (Wildman–Crippen LogP) is 4.47. The molecule has 0 saturated carbocycles. The SMILES string of the molecule is O=C(O)c1cccnc1N1CCN(Cc2ccc(OCc3c(F)cccc3Cl)cc2)CC1. The van der Waals surface area contributed by atoms with Crippen LogP contribution < -0.4 is 9.64 Å². The van der Waals surface area contributed by atoms with Crippen LogP contribution in [0.25, 0.3) is 0 Å². The Hall–Kier alpha value is -3.16. The minimum absolute atomic E-state index is 0.0681. The lowest BCUT2D eigenvalue weighted by molar-refractivity contribution is 0.0697. The third kappa shape index (κ3) is 5.18. The Bertz CT molecular complexity index is 1070. The summed E-state index contributed by atoms with van der Waals surface area (Å²) >= 11 is 6.04. The molecule has 0 unspecified atom stereocenters. The zero-order valence-corrected chi connectivity index (χ0v) is 18.1. The Morgan fingerprint density at radius 1 is 1.06 bits per heavy atom. The van der Waals surface area contributed by atoms with Gasteiger partial charge in [0.05, 0.1) is 5.02 Å². The van der Waals surface area contributed by atoms with Crippen LogP contribution in [0.3, 0.4) is 0 Å². The number of piperazine rings is 1. The van der Waals surface area contributed by atoms with E-state index in [1.807, 2.05) is 29.2 Å². The van der Waals surface area contributed by atoms with Crippen LogP contribution in [0, 0.1) is 5.82 Å². The molecule has 1 aliphatic heterocycles. The number of pyridine rings is 1. The number of carboxylic acids is 1. The van der Waals surface area contributed by atoms with Crippen molar-refractivity contribution in [1.29, 1.82) is 0 Å². The highest BCUT2D eigenvalue weighted by Gasteiger charge is 2.22. The lowest BCUT2D eigenvalue weighted by atomic mass is 10.1. The lowest BCUT2D eigenvalue weighted by Crippen LogP contribution is -2.46. The molecule has 0 spiro atoms. The van der Waals surface area contributed by atoms with Gasteiger partial charge < -0.3 is 14.7 Å². The quantitative estimate of drug-likeness (QED) is 0.567. The molecule has 166 valence electrons. The zero-order valence-electron chi connectivity index (χ0n) is 17.4. The Morgan fingerprint density at radius 2 is 1.81 bits per heavy atom. The summed E-state index contributed by atoms with van der Waals surface area (Å²) in [6.07, 6.45) is 1.62. The fourth-order valence-corrected chi connectivity index (χ4v) is 3.93. The Balaban J connectivity index is 1.30. The number of carbonyl (C=O) groups is 1. The summed E-state index contributed by atoms with van der Waals surface area (Å²) in [5.41, 5.74) is 1.71. The van der Waals surface area contributed by atoms with Gasteiger partial charge in [0.15, 0.2) is 0 Å². The summed E-state index contributed by atoms with van der Waals surface area (Å²) in [7, 11) is 0. The van der Waals surface area contributed by atoms with E-state index in [-0.39, 0.29) is 18.0 Å². The molecule has 0 aliphatic carbocycles. The maximum absolute atomic E-state index is 13.9. The number of nitrogens with zero attached hydrogens (tertiary/aromatic N) is 3. The van der Waals surface area contributed by atoms with Crippen molar-refractivity contribution >= 4 is 23.4 Å². The van der Waals surface area contributed by atoms with Gasteiger partial charge in [-0.1, -0.05) is 29.8 Å². The van der Waals surface area contributed by atoms with Gasteiger partial charge in [-0.2, -0.15) is 0 Å². The van der Waals surface area contributed by atoms with E-state index in [1.54, 1.807) is 30.5 Å². The number of carboxylic acid groups (broad SMARTS) is 1. The van der Waals surface area contributed by atoms with E-state index in [1.165, 1.54) is 6.07 Å². The van der Waals surface area contributed by atoms with Crippen LogP contribution >= 0.6 is 11.6 Å². The highest BCUT2D eigenvalue weighted by atomic mass is 35.5. The topological polar surface area (TPSA) is 65.9 Å². The second kappa shape index (κ2) is 9.97. The van der Waals surface area contributed by atoms with E-state index in [4.69, 9.17) is 16.3 Å². The van der Waals surface area contributed by atoms with Crippen molar-refractivity contribution in [2.45, 2.75) is 13.2 Å². The highest BCUT2D eigenvalue weighted by molar-refractivity contribution is 6.31. The van der Waals surface area contributed by atoms with Crippen molar-refractivity contribution in [3.63, 3.8) is 0 Å². The lowest BCUT2D eigenvalue weighted by Gasteiger charge is -2.35. The molecule has 32 heavy (non-hydrogen) atoms. The van der Waals surface area contributed by atoms with Gasteiger partial charge in [0, 0.05) is 44.5 Å². The largest absolute Gasteiger partial charge is 0.489 e. The monoisotopic (exact) mass is 455 g/mol. The van der Waals surface area contributed by atoms with Crippen molar-refractivity contribution in [3.8, 4) is 5.75 Å². The van der Waals surface area contributed by atoms with Crippen LogP contribution in [0.4, 0.5) is 10.2 Å². The van der Waals surface area contributed by atoms with E-state index in [0.29, 0.717) is 35.2 Å².